The molecule has 0 radical (unpaired) electrons. The van der Waals surface area contributed by atoms with Crippen molar-refractivity contribution < 1.29 is 35.8 Å². The summed E-state index contributed by atoms with van der Waals surface area (Å²) >= 11 is 0. The highest BCUT2D eigenvalue weighted by molar-refractivity contribution is 5.54. The molecule has 30 heavy (non-hydrogen) atoms. The van der Waals surface area contributed by atoms with Gasteiger partial charge in [-0.1, -0.05) is 0 Å². The first-order valence-corrected chi connectivity index (χ1v) is 8.33. The predicted molar refractivity (Wildman–Crippen MR) is 98.3 cm³/mol. The van der Waals surface area contributed by atoms with E-state index in [1.807, 2.05) is 0 Å². The lowest BCUT2D eigenvalue weighted by Gasteiger charge is -2.20. The summed E-state index contributed by atoms with van der Waals surface area (Å²) in [6.07, 6.45) is -10.3. The highest BCUT2D eigenvalue weighted by Crippen LogP contribution is 2.48. The van der Waals surface area contributed by atoms with Crippen LogP contribution in [0.2, 0.25) is 0 Å². The molecule has 0 unspecified atom stereocenters. The third kappa shape index (κ3) is 4.88. The molecule has 158 valence electrons. The second-order valence-electron chi connectivity index (χ2n) is 6.19. The number of nitrogens with two attached hydrogens (primary N) is 2. The molecule has 0 aliphatic heterocycles. The third-order valence-electron chi connectivity index (χ3n) is 3.89. The molecule has 0 atom stereocenters. The topological polar surface area (TPSA) is 70.5 Å². The van der Waals surface area contributed by atoms with Gasteiger partial charge in [-0.15, -0.1) is 0 Å². The molecule has 0 heterocycles. The summed E-state index contributed by atoms with van der Waals surface area (Å²) in [5.74, 6) is -2.28. The van der Waals surface area contributed by atoms with Crippen molar-refractivity contribution in [2.24, 2.45) is 0 Å². The summed E-state index contributed by atoms with van der Waals surface area (Å²) in [6.45, 7) is 0. The van der Waals surface area contributed by atoms with Gasteiger partial charge in [0.1, 0.15) is 28.4 Å². The summed E-state index contributed by atoms with van der Waals surface area (Å²) in [4.78, 5) is 0. The summed E-state index contributed by atoms with van der Waals surface area (Å²) in [5, 5.41) is 0. The molecule has 0 bridgehead atoms. The van der Waals surface area contributed by atoms with E-state index in [2.05, 4.69) is 0 Å². The van der Waals surface area contributed by atoms with Gasteiger partial charge in [0.15, 0.2) is 5.75 Å². The van der Waals surface area contributed by atoms with E-state index in [4.69, 9.17) is 20.9 Å². The average Bonchev–Trinajstić information content (AvgIpc) is 2.64. The minimum atomic E-state index is -5.15. The van der Waals surface area contributed by atoms with Crippen LogP contribution >= 0.6 is 0 Å². The van der Waals surface area contributed by atoms with Gasteiger partial charge in [0, 0.05) is 11.4 Å². The number of rotatable bonds is 4. The maximum Gasteiger partial charge on any atom is 0.420 e. The van der Waals surface area contributed by atoms with Crippen molar-refractivity contribution in [2.75, 3.05) is 11.5 Å². The van der Waals surface area contributed by atoms with E-state index >= 15 is 0 Å². The number of benzene rings is 3. The van der Waals surface area contributed by atoms with Crippen molar-refractivity contribution in [1.29, 1.82) is 0 Å². The van der Waals surface area contributed by atoms with Gasteiger partial charge in [0.25, 0.3) is 0 Å². The van der Waals surface area contributed by atoms with Crippen LogP contribution in [-0.4, -0.2) is 0 Å². The van der Waals surface area contributed by atoms with E-state index in [1.165, 1.54) is 36.4 Å². The van der Waals surface area contributed by atoms with Crippen LogP contribution in [0.4, 0.5) is 37.7 Å². The Morgan fingerprint density at radius 3 is 1.27 bits per heavy atom. The predicted octanol–water partition coefficient (Wildman–Crippen LogP) is 6.47. The molecule has 0 fully saturated rings. The lowest BCUT2D eigenvalue weighted by molar-refractivity contribution is -0.145. The van der Waals surface area contributed by atoms with Crippen LogP contribution in [0.5, 0.6) is 23.0 Å². The van der Waals surface area contributed by atoms with Gasteiger partial charge in [0.05, 0.1) is 0 Å². The molecule has 0 aromatic heterocycles. The number of hydrogen-bond acceptors (Lipinski definition) is 4. The van der Waals surface area contributed by atoms with Crippen LogP contribution in [0, 0.1) is 0 Å². The van der Waals surface area contributed by atoms with E-state index in [1.54, 1.807) is 0 Å². The zero-order chi connectivity index (χ0) is 22.1. The molecule has 10 heteroatoms. The van der Waals surface area contributed by atoms with E-state index < -0.39 is 35.0 Å². The Kier molecular flexibility index (Phi) is 5.43. The van der Waals surface area contributed by atoms with Crippen molar-refractivity contribution in [2.45, 2.75) is 12.4 Å². The Labute approximate surface area is 166 Å². The van der Waals surface area contributed by atoms with Crippen molar-refractivity contribution in [3.63, 3.8) is 0 Å². The normalized spacial score (nSPS) is 11.9. The molecule has 0 amide bonds. The quantitative estimate of drug-likeness (QED) is 0.369. The van der Waals surface area contributed by atoms with E-state index in [0.717, 1.165) is 12.1 Å². The molecule has 0 aliphatic rings. The molecule has 3 aromatic rings. The van der Waals surface area contributed by atoms with Crippen LogP contribution in [0.1, 0.15) is 11.1 Å². The van der Waals surface area contributed by atoms with Crippen molar-refractivity contribution in [3.8, 4) is 23.0 Å². The van der Waals surface area contributed by atoms with E-state index in [9.17, 15) is 26.3 Å². The number of alkyl halides is 6. The number of ether oxygens (including phenoxy) is 2. The lowest BCUT2D eigenvalue weighted by Crippen LogP contribution is -2.14. The summed E-state index contributed by atoms with van der Waals surface area (Å²) in [6, 6.07) is 11.2. The standard InChI is InChI=1S/C20H14F6N2O2/c21-19(22,23)16-9-15(29-13-5-1-11(27)2-6-13)10-17(20(24,25)26)18(16)30-14-7-3-12(28)4-8-14/h1-10H,27-28H2. The zero-order valence-corrected chi connectivity index (χ0v) is 15.0. The number of anilines is 2. The zero-order valence-electron chi connectivity index (χ0n) is 15.0. The van der Waals surface area contributed by atoms with Crippen LogP contribution in [-0.2, 0) is 12.4 Å². The fourth-order valence-electron chi connectivity index (χ4n) is 2.52. The third-order valence-corrected chi connectivity index (χ3v) is 3.89. The molecule has 4 N–H and O–H groups in total. The minimum absolute atomic E-state index is 0.0117. The monoisotopic (exact) mass is 428 g/mol. The largest absolute Gasteiger partial charge is 0.457 e. The molecule has 0 saturated carbocycles. The van der Waals surface area contributed by atoms with Crippen molar-refractivity contribution in [1.82, 2.24) is 0 Å². The van der Waals surface area contributed by atoms with Crippen LogP contribution in [0.3, 0.4) is 0 Å². The van der Waals surface area contributed by atoms with Gasteiger partial charge in [-0.2, -0.15) is 26.3 Å². The molecule has 0 saturated heterocycles. The summed E-state index contributed by atoms with van der Waals surface area (Å²) in [7, 11) is 0. The summed E-state index contributed by atoms with van der Waals surface area (Å²) in [5.41, 5.74) is 8.32. The second kappa shape index (κ2) is 7.69. The number of hydrogen-bond donors (Lipinski definition) is 2. The van der Waals surface area contributed by atoms with Gasteiger partial charge in [-0.25, -0.2) is 0 Å². The Bertz CT molecular complexity index is 994. The number of nitrogen functional groups attached to an aromatic ring is 2. The van der Waals surface area contributed by atoms with Crippen LogP contribution in [0.15, 0.2) is 60.7 Å². The Morgan fingerprint density at radius 2 is 0.900 bits per heavy atom. The first-order valence-electron chi connectivity index (χ1n) is 8.33. The maximum absolute atomic E-state index is 13.6. The van der Waals surface area contributed by atoms with Gasteiger partial charge >= 0.3 is 12.4 Å². The fraction of sp³-hybridized carbons (Fsp3) is 0.100. The molecule has 3 rings (SSSR count). The smallest absolute Gasteiger partial charge is 0.420 e. The Hall–Kier alpha value is -3.56. The molecular weight excluding hydrogens is 414 g/mol. The highest BCUT2D eigenvalue weighted by Gasteiger charge is 2.43. The van der Waals surface area contributed by atoms with E-state index in [0.29, 0.717) is 17.8 Å². The van der Waals surface area contributed by atoms with Crippen LogP contribution in [0.25, 0.3) is 0 Å². The van der Waals surface area contributed by atoms with E-state index in [-0.39, 0.29) is 17.2 Å². The van der Waals surface area contributed by atoms with Crippen molar-refractivity contribution in [3.05, 3.63) is 71.8 Å². The first kappa shape index (κ1) is 21.2. The van der Waals surface area contributed by atoms with Crippen LogP contribution < -0.4 is 20.9 Å². The number of halogens is 6. The molecule has 0 aliphatic carbocycles. The first-order chi connectivity index (χ1) is 13.9. The van der Waals surface area contributed by atoms with Gasteiger partial charge < -0.3 is 20.9 Å². The molecular formula is C20H14F6N2O2. The maximum atomic E-state index is 13.6. The van der Waals surface area contributed by atoms with Gasteiger partial charge in [-0.05, 0) is 60.7 Å². The highest BCUT2D eigenvalue weighted by atomic mass is 19.4. The SMILES string of the molecule is Nc1ccc(Oc2cc(C(F)(F)F)c(Oc3ccc(N)cc3)c(C(F)(F)F)c2)cc1. The summed E-state index contributed by atoms with van der Waals surface area (Å²) < 4.78 is 91.9. The minimum Gasteiger partial charge on any atom is -0.457 e. The molecule has 3 aromatic carbocycles. The Balaban J connectivity index is 2.13. The molecule has 4 nitrogen and oxygen atoms in total. The van der Waals surface area contributed by atoms with Gasteiger partial charge in [-0.3, -0.25) is 0 Å². The fourth-order valence-corrected chi connectivity index (χ4v) is 2.52. The van der Waals surface area contributed by atoms with Gasteiger partial charge in [0.2, 0.25) is 0 Å². The Morgan fingerprint density at radius 1 is 0.533 bits per heavy atom. The van der Waals surface area contributed by atoms with Crippen molar-refractivity contribution >= 4 is 11.4 Å². The second-order valence-corrected chi connectivity index (χ2v) is 6.19. The molecule has 0 spiro atoms. The lowest BCUT2D eigenvalue weighted by atomic mass is 10.1. The average molecular weight is 428 g/mol.